The van der Waals surface area contributed by atoms with Crippen LogP contribution in [0.5, 0.6) is 0 Å². The molecule has 0 amide bonds. The van der Waals surface area contributed by atoms with Crippen LogP contribution in [0.15, 0.2) is 24.3 Å². The summed E-state index contributed by atoms with van der Waals surface area (Å²) < 4.78 is 0. The zero-order chi connectivity index (χ0) is 10.1. The number of hydrogen-bond acceptors (Lipinski definition) is 2. The van der Waals surface area contributed by atoms with Gasteiger partial charge in [-0.05, 0) is 43.7 Å². The van der Waals surface area contributed by atoms with Gasteiger partial charge in [0.2, 0.25) is 0 Å². The molecule has 1 aromatic heterocycles. The molecular weight excluding hydrogens is 184 g/mol. The number of nitrogens with zero attached hydrogens (tertiary/aromatic N) is 1. The highest BCUT2D eigenvalue weighted by Gasteiger charge is 2.14. The summed E-state index contributed by atoms with van der Waals surface area (Å²) in [5.41, 5.74) is 2.76. The maximum Gasteiger partial charge on any atom is 0.126 e. The minimum Gasteiger partial charge on any atom is -0.367 e. The second-order valence-corrected chi connectivity index (χ2v) is 4.44. The topological polar surface area (TPSA) is 24.9 Å². The lowest BCUT2D eigenvalue weighted by Gasteiger charge is -2.13. The summed E-state index contributed by atoms with van der Waals surface area (Å²) in [4.78, 5) is 4.68. The number of rotatable bonds is 2. The Morgan fingerprint density at radius 2 is 2.00 bits per heavy atom. The first kappa shape index (κ1) is 8.96. The Hall–Kier alpha value is -1.31. The second kappa shape index (κ2) is 3.69. The first-order valence-electron chi connectivity index (χ1n) is 5.82. The van der Waals surface area contributed by atoms with Gasteiger partial charge in [0.1, 0.15) is 5.82 Å². The van der Waals surface area contributed by atoms with E-state index in [2.05, 4.69) is 34.6 Å². The molecule has 0 aliphatic heterocycles. The standard InChI is InChI=1S/C13H16N2/c1-2-6-11(5-1)14-13-9-8-10-4-3-7-12(10)15-13/h1-2,8-9,11H,3-7H2,(H,14,15). The van der Waals surface area contributed by atoms with E-state index in [-0.39, 0.29) is 0 Å². The van der Waals surface area contributed by atoms with E-state index in [1.165, 1.54) is 24.1 Å². The van der Waals surface area contributed by atoms with Gasteiger partial charge in [0.05, 0.1) is 0 Å². The molecule has 15 heavy (non-hydrogen) atoms. The van der Waals surface area contributed by atoms with E-state index >= 15 is 0 Å². The van der Waals surface area contributed by atoms with Crippen molar-refractivity contribution in [3.63, 3.8) is 0 Å². The van der Waals surface area contributed by atoms with Crippen LogP contribution in [-0.4, -0.2) is 11.0 Å². The molecule has 2 heteroatoms. The monoisotopic (exact) mass is 200 g/mol. The molecule has 3 rings (SSSR count). The molecule has 0 fully saturated rings. The molecule has 1 heterocycles. The van der Waals surface area contributed by atoms with Gasteiger partial charge in [-0.1, -0.05) is 18.2 Å². The molecule has 0 radical (unpaired) electrons. The number of nitrogens with one attached hydrogen (secondary N) is 1. The van der Waals surface area contributed by atoms with Crippen molar-refractivity contribution in [3.05, 3.63) is 35.5 Å². The van der Waals surface area contributed by atoms with Crippen LogP contribution in [0.25, 0.3) is 0 Å². The first-order chi connectivity index (χ1) is 7.42. The van der Waals surface area contributed by atoms with Gasteiger partial charge in [-0.3, -0.25) is 0 Å². The largest absolute Gasteiger partial charge is 0.367 e. The lowest BCUT2D eigenvalue weighted by atomic mass is 10.2. The van der Waals surface area contributed by atoms with Crippen molar-refractivity contribution < 1.29 is 0 Å². The molecule has 2 aliphatic rings. The average Bonchev–Trinajstić information content (AvgIpc) is 2.87. The molecule has 0 aromatic carbocycles. The van der Waals surface area contributed by atoms with E-state index in [1.54, 1.807) is 0 Å². The fourth-order valence-electron chi connectivity index (χ4n) is 2.45. The van der Waals surface area contributed by atoms with Crippen molar-refractivity contribution in [2.75, 3.05) is 5.32 Å². The summed E-state index contributed by atoms with van der Waals surface area (Å²) >= 11 is 0. The van der Waals surface area contributed by atoms with Gasteiger partial charge < -0.3 is 5.32 Å². The zero-order valence-electron chi connectivity index (χ0n) is 8.87. The summed E-state index contributed by atoms with van der Waals surface area (Å²) in [6.45, 7) is 0. The third kappa shape index (κ3) is 1.76. The van der Waals surface area contributed by atoms with Crippen molar-refractivity contribution in [3.8, 4) is 0 Å². The molecule has 0 saturated carbocycles. The Labute approximate surface area is 90.4 Å². The SMILES string of the molecule is C1=CCC(Nc2ccc3c(n2)CCC3)C1. The van der Waals surface area contributed by atoms with Gasteiger partial charge in [-0.2, -0.15) is 0 Å². The Morgan fingerprint density at radius 1 is 1.13 bits per heavy atom. The molecule has 0 bridgehead atoms. The van der Waals surface area contributed by atoms with Crippen LogP contribution in [0.4, 0.5) is 5.82 Å². The third-order valence-corrected chi connectivity index (χ3v) is 3.29. The molecule has 0 atom stereocenters. The molecule has 0 saturated heterocycles. The number of fused-ring (bicyclic) bond motifs is 1. The van der Waals surface area contributed by atoms with Crippen LogP contribution in [-0.2, 0) is 12.8 Å². The van der Waals surface area contributed by atoms with Gasteiger partial charge >= 0.3 is 0 Å². The normalized spacial score (nSPS) is 19.5. The molecule has 2 nitrogen and oxygen atoms in total. The smallest absolute Gasteiger partial charge is 0.126 e. The van der Waals surface area contributed by atoms with Crippen LogP contribution in [0.2, 0.25) is 0 Å². The molecule has 78 valence electrons. The van der Waals surface area contributed by atoms with Gasteiger partial charge in [0.15, 0.2) is 0 Å². The van der Waals surface area contributed by atoms with Gasteiger partial charge in [0, 0.05) is 11.7 Å². The summed E-state index contributed by atoms with van der Waals surface area (Å²) in [5, 5.41) is 3.50. The number of aromatic nitrogens is 1. The molecule has 2 aliphatic carbocycles. The maximum absolute atomic E-state index is 4.68. The van der Waals surface area contributed by atoms with Crippen LogP contribution < -0.4 is 5.32 Å². The molecule has 1 aromatic rings. The molecule has 1 N–H and O–H groups in total. The molecular formula is C13H16N2. The number of anilines is 1. The van der Waals surface area contributed by atoms with Gasteiger partial charge in [-0.15, -0.1) is 0 Å². The Morgan fingerprint density at radius 3 is 2.87 bits per heavy atom. The van der Waals surface area contributed by atoms with E-state index in [4.69, 9.17) is 0 Å². The summed E-state index contributed by atoms with van der Waals surface area (Å²) in [5.74, 6) is 1.06. The Kier molecular flexibility index (Phi) is 2.20. The minimum absolute atomic E-state index is 0.567. The highest BCUT2D eigenvalue weighted by Crippen LogP contribution is 2.23. The van der Waals surface area contributed by atoms with Crippen LogP contribution in [0, 0.1) is 0 Å². The van der Waals surface area contributed by atoms with E-state index in [0.717, 1.165) is 25.1 Å². The van der Waals surface area contributed by atoms with E-state index in [0.29, 0.717) is 6.04 Å². The van der Waals surface area contributed by atoms with Gasteiger partial charge in [-0.25, -0.2) is 4.98 Å². The first-order valence-corrected chi connectivity index (χ1v) is 5.82. The summed E-state index contributed by atoms with van der Waals surface area (Å²) in [6, 6.07) is 4.93. The fourth-order valence-corrected chi connectivity index (χ4v) is 2.45. The third-order valence-electron chi connectivity index (χ3n) is 3.29. The van der Waals surface area contributed by atoms with Crippen LogP contribution in [0.1, 0.15) is 30.5 Å². The lowest BCUT2D eigenvalue weighted by molar-refractivity contribution is 0.779. The zero-order valence-corrected chi connectivity index (χ0v) is 8.87. The fraction of sp³-hybridized carbons (Fsp3) is 0.462. The average molecular weight is 200 g/mol. The van der Waals surface area contributed by atoms with E-state index < -0.39 is 0 Å². The number of aryl methyl sites for hydroxylation is 2. The summed E-state index contributed by atoms with van der Waals surface area (Å²) in [6.07, 6.45) is 10.4. The summed E-state index contributed by atoms with van der Waals surface area (Å²) in [7, 11) is 0. The minimum atomic E-state index is 0.567. The van der Waals surface area contributed by atoms with Crippen molar-refractivity contribution in [1.82, 2.24) is 4.98 Å². The van der Waals surface area contributed by atoms with E-state index in [1.807, 2.05) is 0 Å². The Balaban J connectivity index is 1.75. The highest BCUT2D eigenvalue weighted by molar-refractivity contribution is 5.41. The van der Waals surface area contributed by atoms with Crippen LogP contribution >= 0.6 is 0 Å². The number of pyridine rings is 1. The van der Waals surface area contributed by atoms with Crippen LogP contribution in [0.3, 0.4) is 0 Å². The quantitative estimate of drug-likeness (QED) is 0.742. The molecule has 0 unspecified atom stereocenters. The lowest BCUT2D eigenvalue weighted by Crippen LogP contribution is -2.16. The molecule has 0 spiro atoms. The van der Waals surface area contributed by atoms with Crippen molar-refractivity contribution in [2.45, 2.75) is 38.1 Å². The predicted molar refractivity (Wildman–Crippen MR) is 62.0 cm³/mol. The van der Waals surface area contributed by atoms with E-state index in [9.17, 15) is 0 Å². The van der Waals surface area contributed by atoms with Crippen molar-refractivity contribution in [1.29, 1.82) is 0 Å². The van der Waals surface area contributed by atoms with Crippen molar-refractivity contribution in [2.24, 2.45) is 0 Å². The Bertz CT molecular complexity index is 388. The van der Waals surface area contributed by atoms with Crippen molar-refractivity contribution >= 4 is 5.82 Å². The van der Waals surface area contributed by atoms with Gasteiger partial charge in [0.25, 0.3) is 0 Å². The second-order valence-electron chi connectivity index (χ2n) is 4.44. The number of hydrogen-bond donors (Lipinski definition) is 1. The predicted octanol–water partition coefficient (Wildman–Crippen LogP) is 2.70. The highest BCUT2D eigenvalue weighted by atomic mass is 15.0. The maximum atomic E-state index is 4.68.